The number of allylic oxidation sites excluding steroid dienone is 1. The first kappa shape index (κ1) is 61.1. The summed E-state index contributed by atoms with van der Waals surface area (Å²) >= 11 is 0. The normalized spacial score (nSPS) is 18.9. The van der Waals surface area contributed by atoms with Crippen LogP contribution in [0.3, 0.4) is 0 Å². The molecule has 0 aliphatic carbocycles. The Morgan fingerprint density at radius 2 is 1.33 bits per heavy atom. The monoisotopic (exact) mass is 1120 g/mol. The van der Waals surface area contributed by atoms with E-state index in [1.807, 2.05) is 22.8 Å². The molecular formula is C53H64F8N10O8. The number of nitrogens with zero attached hydrogens (tertiary/aromatic N) is 5. The number of pyridine rings is 1. The zero-order chi connectivity index (χ0) is 58.0. The number of nitrogens with one attached hydrogen (secondary N) is 4. The van der Waals surface area contributed by atoms with Crippen LogP contribution in [0.15, 0.2) is 77.9 Å². The second-order valence-corrected chi connectivity index (χ2v) is 20.5. The molecular weight excluding hydrogens is 1060 g/mol. The number of ether oxygens (including phenoxy) is 3. The summed E-state index contributed by atoms with van der Waals surface area (Å²) in [6.45, 7) is 1.65. The molecule has 79 heavy (non-hydrogen) atoms. The number of carbonyl (C=O) groups is 4. The van der Waals surface area contributed by atoms with Crippen molar-refractivity contribution in [2.24, 2.45) is 21.6 Å². The number of aliphatic hydroxyl groups excluding tert-OH is 1. The third-order valence-electron chi connectivity index (χ3n) is 14.3. The summed E-state index contributed by atoms with van der Waals surface area (Å²) in [6, 6.07) is 10.9. The highest BCUT2D eigenvalue weighted by Gasteiger charge is 2.57. The van der Waals surface area contributed by atoms with Crippen molar-refractivity contribution in [3.63, 3.8) is 0 Å². The van der Waals surface area contributed by atoms with Gasteiger partial charge in [0.1, 0.15) is 17.9 Å². The maximum absolute atomic E-state index is 14.6. The lowest BCUT2D eigenvalue weighted by Gasteiger charge is -2.47. The van der Waals surface area contributed by atoms with Gasteiger partial charge >= 0.3 is 31.1 Å². The Morgan fingerprint density at radius 3 is 1.82 bits per heavy atom. The Kier molecular flexibility index (Phi) is 20.0. The number of alkyl halides is 8. The maximum atomic E-state index is 14.6. The molecule has 18 nitrogen and oxygen atoms in total. The highest BCUT2D eigenvalue weighted by atomic mass is 19.4. The summed E-state index contributed by atoms with van der Waals surface area (Å²) in [5.74, 6) is 4.10. The van der Waals surface area contributed by atoms with Gasteiger partial charge in [-0.15, -0.1) is 0 Å². The van der Waals surface area contributed by atoms with Crippen LogP contribution >= 0.6 is 0 Å². The van der Waals surface area contributed by atoms with E-state index >= 15 is 0 Å². The van der Waals surface area contributed by atoms with E-state index in [0.717, 1.165) is 76.5 Å². The first-order chi connectivity index (χ1) is 37.1. The molecule has 7 N–H and O–H groups in total. The highest BCUT2D eigenvalue weighted by molar-refractivity contribution is 5.87. The molecule has 2 unspecified atom stereocenters. The number of alkyl carbamates (subject to hydrolysis) is 2. The zero-order valence-electron chi connectivity index (χ0n) is 44.1. The van der Waals surface area contributed by atoms with Crippen molar-refractivity contribution in [3.8, 4) is 11.8 Å². The van der Waals surface area contributed by atoms with Gasteiger partial charge in [-0.1, -0.05) is 48.2 Å². The van der Waals surface area contributed by atoms with Gasteiger partial charge in [0.25, 0.3) is 5.91 Å². The highest BCUT2D eigenvalue weighted by Crippen LogP contribution is 2.42. The van der Waals surface area contributed by atoms with Crippen LogP contribution in [-0.4, -0.2) is 159 Å². The Balaban J connectivity index is 1.28. The molecule has 3 aliphatic heterocycles. The topological polar surface area (TPSA) is 225 Å². The first-order valence-electron chi connectivity index (χ1n) is 25.0. The number of nitrogens with two attached hydrogens (primary N) is 1. The second-order valence-electron chi connectivity index (χ2n) is 20.5. The SMILES string of the molecule is COC(=O)N[C@H](C(=O)N[C@@H](Cc1ccc(C#Cc2ccc(N3CC4CCC(C3)N4C3COC3)nc2)cc1)[C@@H](O)CN(Cc1ccc(C(N)=CC=NC(F)F)cc1)NC(=O)[C@@H](NC(=O)OC)C(C)(C)C(F)(F)F)C(C)(C)C(F)(F)F. The minimum absolute atomic E-state index is 0.00370. The van der Waals surface area contributed by atoms with Crippen molar-refractivity contribution in [3.05, 3.63) is 101 Å². The number of anilines is 1. The number of amides is 4. The van der Waals surface area contributed by atoms with Crippen molar-refractivity contribution in [1.29, 1.82) is 0 Å². The molecule has 3 aliphatic rings. The van der Waals surface area contributed by atoms with Gasteiger partial charge in [0.05, 0.1) is 56.5 Å². The summed E-state index contributed by atoms with van der Waals surface area (Å²) in [5.41, 5.74) is 4.53. The Labute approximate surface area is 451 Å². The van der Waals surface area contributed by atoms with E-state index in [1.54, 1.807) is 30.5 Å². The molecule has 3 saturated heterocycles. The van der Waals surface area contributed by atoms with Crippen molar-refractivity contribution in [2.75, 3.05) is 52.0 Å². The number of aliphatic imine (C=N–C) groups is 1. The molecule has 3 aromatic rings. The van der Waals surface area contributed by atoms with Crippen LogP contribution in [0.2, 0.25) is 0 Å². The lowest BCUT2D eigenvalue weighted by atomic mass is 9.82. The van der Waals surface area contributed by atoms with Crippen LogP contribution in [0.4, 0.5) is 50.5 Å². The summed E-state index contributed by atoms with van der Waals surface area (Å²) in [4.78, 5) is 65.4. The number of hydrogen-bond donors (Lipinski definition) is 6. The molecule has 6 rings (SSSR count). The van der Waals surface area contributed by atoms with E-state index in [4.69, 9.17) is 15.5 Å². The van der Waals surface area contributed by atoms with Crippen LogP contribution in [0.5, 0.6) is 0 Å². The van der Waals surface area contributed by atoms with Crippen molar-refractivity contribution in [2.45, 2.75) is 115 Å². The van der Waals surface area contributed by atoms with Crippen LogP contribution in [0, 0.1) is 22.7 Å². The predicted molar refractivity (Wildman–Crippen MR) is 274 cm³/mol. The van der Waals surface area contributed by atoms with E-state index in [1.165, 1.54) is 24.3 Å². The van der Waals surface area contributed by atoms with Gasteiger partial charge in [0.15, 0.2) is 0 Å². The number of hydrogen-bond acceptors (Lipinski definition) is 14. The van der Waals surface area contributed by atoms with Gasteiger partial charge < -0.3 is 45.9 Å². The third kappa shape index (κ3) is 15.6. The van der Waals surface area contributed by atoms with E-state index in [2.05, 4.69) is 46.8 Å². The minimum atomic E-state index is -5.11. The lowest BCUT2D eigenvalue weighted by Crippen LogP contribution is -2.63. The van der Waals surface area contributed by atoms with E-state index in [0.29, 0.717) is 68.1 Å². The van der Waals surface area contributed by atoms with Crippen LogP contribution in [0.25, 0.3) is 5.70 Å². The van der Waals surface area contributed by atoms with Crippen molar-refractivity contribution in [1.82, 2.24) is 36.3 Å². The van der Waals surface area contributed by atoms with Gasteiger partial charge in [0, 0.05) is 67.5 Å². The number of methoxy groups -OCH3 is 2. The van der Waals surface area contributed by atoms with Crippen LogP contribution in [-0.2, 0) is 36.8 Å². The molecule has 1 aromatic heterocycles. The summed E-state index contributed by atoms with van der Waals surface area (Å²) in [7, 11) is 1.72. The standard InChI is InChI=1S/C53H64F8N10O8/c1-50(2,52(56,57)58)43(66-48(75)77-5)45(73)65-40(23-32-10-7-31(8-11-32)9-12-33-15-20-42(64-24-33)69-26-36-18-19-37(27-69)71(36)38-29-79-30-38)41(72)28-70(25-34-13-16-35(17-14-34)39(62)21-22-63-47(54)55)68-46(74)44(67-49(76)78-6)51(3,4)53(59,60)61/h7-8,10-11,13-17,20-22,24,36-38,40-41,43-44,47,72H,18-19,23,25-30,62H2,1-6H3,(H,65,73)(H,66,75)(H,67,76)(H,68,74)/t36?,37?,40-,41-,43+,44+/m0/s1. The average Bonchev–Trinajstić information content (AvgIpc) is 3.75. The first-order valence-corrected chi connectivity index (χ1v) is 25.0. The number of fused-ring (bicyclic) bond motifs is 2. The molecule has 4 heterocycles. The van der Waals surface area contributed by atoms with Gasteiger partial charge in [-0.3, -0.25) is 19.9 Å². The number of hydrazine groups is 1. The fourth-order valence-electron chi connectivity index (χ4n) is 9.29. The van der Waals surface area contributed by atoms with Gasteiger partial charge in [0.2, 0.25) is 5.91 Å². The van der Waals surface area contributed by atoms with Crippen LogP contribution < -0.4 is 32.0 Å². The molecule has 0 saturated carbocycles. The summed E-state index contributed by atoms with van der Waals surface area (Å²) < 4.78 is 127. The molecule has 4 amide bonds. The van der Waals surface area contributed by atoms with E-state index in [-0.39, 0.29) is 17.7 Å². The number of aromatic nitrogens is 1. The Morgan fingerprint density at radius 1 is 0.797 bits per heavy atom. The quantitative estimate of drug-likeness (QED) is 0.0264. The number of aliphatic hydroxyl groups is 1. The molecule has 430 valence electrons. The number of piperazine rings is 1. The number of rotatable bonds is 20. The predicted octanol–water partition coefficient (Wildman–Crippen LogP) is 5.67. The fraction of sp³-hybridized carbons (Fsp3) is 0.509. The Hall–Kier alpha value is -7.08. The maximum Gasteiger partial charge on any atom is 0.407 e. The molecule has 3 fully saturated rings. The number of carbonyl (C=O) groups excluding carboxylic acids is 4. The molecule has 26 heteroatoms. The molecule has 2 aromatic carbocycles. The average molecular weight is 1120 g/mol. The van der Waals surface area contributed by atoms with Gasteiger partial charge in [-0.05, 0) is 94.0 Å². The summed E-state index contributed by atoms with van der Waals surface area (Å²) in [6.07, 6.45) is -9.42. The van der Waals surface area contributed by atoms with Gasteiger partial charge in [-0.25, -0.2) is 24.6 Å². The van der Waals surface area contributed by atoms with Crippen molar-refractivity contribution < 1.29 is 73.6 Å². The van der Waals surface area contributed by atoms with Gasteiger partial charge in [-0.2, -0.15) is 35.1 Å². The largest absolute Gasteiger partial charge is 0.453 e. The second kappa shape index (κ2) is 25.8. The minimum Gasteiger partial charge on any atom is -0.453 e. The van der Waals surface area contributed by atoms with E-state index < -0.39 is 91.1 Å². The third-order valence-corrected chi connectivity index (χ3v) is 14.3. The lowest BCUT2D eigenvalue weighted by molar-refractivity contribution is -0.221. The molecule has 6 atom stereocenters. The number of halogens is 8. The van der Waals surface area contributed by atoms with Crippen LogP contribution in [0.1, 0.15) is 68.4 Å². The Bertz CT molecular complexity index is 2700. The number of benzene rings is 2. The van der Waals surface area contributed by atoms with E-state index in [9.17, 15) is 59.4 Å². The van der Waals surface area contributed by atoms with Crippen molar-refractivity contribution >= 4 is 41.7 Å². The summed E-state index contributed by atoms with van der Waals surface area (Å²) in [5, 5.41) is 19.3. The zero-order valence-corrected chi connectivity index (χ0v) is 44.1. The molecule has 0 spiro atoms. The molecule has 0 radical (unpaired) electrons. The molecule has 2 bridgehead atoms. The fourth-order valence-corrected chi connectivity index (χ4v) is 9.29. The smallest absolute Gasteiger partial charge is 0.407 e.